The monoisotopic (exact) mass is 345 g/mol. The van der Waals surface area contributed by atoms with Gasteiger partial charge < -0.3 is 16.0 Å². The molecule has 3 N–H and O–H groups in total. The van der Waals surface area contributed by atoms with Crippen LogP contribution in [0, 0.1) is 5.92 Å². The van der Waals surface area contributed by atoms with Crippen LogP contribution in [-0.2, 0) is 9.59 Å². The fourth-order valence-electron chi connectivity index (χ4n) is 3.13. The largest absolute Gasteiger partial charge is 0.354 e. The van der Waals surface area contributed by atoms with Crippen LogP contribution in [0.4, 0.5) is 0 Å². The molecule has 5 nitrogen and oxygen atoms in total. The summed E-state index contributed by atoms with van der Waals surface area (Å²) in [6.07, 6.45) is 9.30. The predicted molar refractivity (Wildman–Crippen MR) is 94.7 cm³/mol. The Kier molecular flexibility index (Phi) is 8.92. The number of unbranched alkanes of at least 4 members (excludes halogenated alkanes) is 1. The Bertz CT molecular complexity index is 380. The molecule has 2 aliphatic rings. The molecule has 0 bridgehead atoms. The molecule has 2 amide bonds. The summed E-state index contributed by atoms with van der Waals surface area (Å²) in [5.74, 6) is 0.721. The molecule has 0 unspecified atom stereocenters. The first-order valence-electron chi connectivity index (χ1n) is 8.96. The molecule has 0 radical (unpaired) electrons. The van der Waals surface area contributed by atoms with Crippen molar-refractivity contribution in [1.29, 1.82) is 0 Å². The molecule has 23 heavy (non-hydrogen) atoms. The van der Waals surface area contributed by atoms with E-state index in [4.69, 9.17) is 0 Å². The molecule has 6 heteroatoms. The molecule has 0 aliphatic heterocycles. The van der Waals surface area contributed by atoms with Gasteiger partial charge in [0.15, 0.2) is 0 Å². The molecule has 2 aliphatic carbocycles. The summed E-state index contributed by atoms with van der Waals surface area (Å²) in [6, 6.07) is 0. The molecule has 0 spiro atoms. The Hall–Kier alpha value is -0.810. The van der Waals surface area contributed by atoms with Gasteiger partial charge in [0.1, 0.15) is 5.54 Å². The minimum absolute atomic E-state index is 0. The van der Waals surface area contributed by atoms with Crippen molar-refractivity contribution in [3.05, 3.63) is 0 Å². The molecular formula is C17H32ClN3O2. The number of amides is 2. The second-order valence-corrected chi connectivity index (χ2v) is 6.87. The molecular weight excluding hydrogens is 314 g/mol. The summed E-state index contributed by atoms with van der Waals surface area (Å²) < 4.78 is 0. The number of hydrogen-bond donors (Lipinski definition) is 3. The van der Waals surface area contributed by atoms with Crippen molar-refractivity contribution in [1.82, 2.24) is 16.0 Å². The van der Waals surface area contributed by atoms with Crippen molar-refractivity contribution >= 4 is 24.2 Å². The lowest BCUT2D eigenvalue weighted by Gasteiger charge is -2.36. The van der Waals surface area contributed by atoms with Gasteiger partial charge in [-0.2, -0.15) is 0 Å². The summed E-state index contributed by atoms with van der Waals surface area (Å²) in [6.45, 7) is 4.05. The lowest BCUT2D eigenvalue weighted by atomic mass is 9.80. The predicted octanol–water partition coefficient (Wildman–Crippen LogP) is 2.14. The zero-order chi connectivity index (χ0) is 15.8. The van der Waals surface area contributed by atoms with Gasteiger partial charge in [-0.05, 0) is 44.6 Å². The molecule has 134 valence electrons. The first-order valence-corrected chi connectivity index (χ1v) is 8.96. The van der Waals surface area contributed by atoms with Gasteiger partial charge in [-0.1, -0.05) is 32.6 Å². The van der Waals surface area contributed by atoms with E-state index in [-0.39, 0.29) is 24.2 Å². The van der Waals surface area contributed by atoms with E-state index in [0.29, 0.717) is 13.1 Å². The second kappa shape index (κ2) is 10.1. The lowest BCUT2D eigenvalue weighted by molar-refractivity contribution is -0.134. The fraction of sp³-hybridized carbons (Fsp3) is 0.882. The van der Waals surface area contributed by atoms with Crippen molar-refractivity contribution in [2.24, 2.45) is 5.92 Å². The van der Waals surface area contributed by atoms with Gasteiger partial charge in [0.25, 0.3) is 0 Å². The number of carbonyl (C=O) groups excluding carboxylic acids is 2. The summed E-state index contributed by atoms with van der Waals surface area (Å²) in [4.78, 5) is 24.8. The van der Waals surface area contributed by atoms with Gasteiger partial charge >= 0.3 is 0 Å². The number of halogens is 1. The van der Waals surface area contributed by atoms with Gasteiger partial charge in [0, 0.05) is 6.54 Å². The fourth-order valence-corrected chi connectivity index (χ4v) is 3.13. The standard InChI is InChI=1S/C17H31N3O2.ClH/c1-2-3-11-19-16(22)17(9-5-4-6-10-17)20-15(21)13-18-12-14-7-8-14;/h14,18H,2-13H2,1H3,(H,19,22)(H,20,21);1H. The third-order valence-corrected chi connectivity index (χ3v) is 4.75. The molecule has 2 rings (SSSR count). The highest BCUT2D eigenvalue weighted by atomic mass is 35.5. The van der Waals surface area contributed by atoms with E-state index < -0.39 is 5.54 Å². The number of rotatable bonds is 9. The average molecular weight is 346 g/mol. The SMILES string of the molecule is CCCCNC(=O)C1(NC(=O)CNCC2CC2)CCCCC1.Cl. The van der Waals surface area contributed by atoms with Crippen molar-refractivity contribution in [3.63, 3.8) is 0 Å². The van der Waals surface area contributed by atoms with Crippen molar-refractivity contribution in [2.75, 3.05) is 19.6 Å². The summed E-state index contributed by atoms with van der Waals surface area (Å²) >= 11 is 0. The molecule has 0 aromatic carbocycles. The number of hydrogen-bond acceptors (Lipinski definition) is 3. The highest BCUT2D eigenvalue weighted by molar-refractivity contribution is 5.92. The van der Waals surface area contributed by atoms with Crippen molar-refractivity contribution in [2.45, 2.75) is 70.3 Å². The first kappa shape index (κ1) is 20.2. The Morgan fingerprint density at radius 1 is 1.13 bits per heavy atom. The maximum Gasteiger partial charge on any atom is 0.245 e. The summed E-state index contributed by atoms with van der Waals surface area (Å²) in [5.41, 5.74) is -0.676. The Morgan fingerprint density at radius 3 is 2.43 bits per heavy atom. The average Bonchev–Trinajstić information content (AvgIpc) is 3.32. The van der Waals surface area contributed by atoms with Crippen LogP contribution in [-0.4, -0.2) is 37.0 Å². The molecule has 0 aromatic rings. The van der Waals surface area contributed by atoms with Gasteiger partial charge in [-0.3, -0.25) is 9.59 Å². The molecule has 0 heterocycles. The second-order valence-electron chi connectivity index (χ2n) is 6.87. The van der Waals surface area contributed by atoms with Gasteiger partial charge in [-0.15, -0.1) is 12.4 Å². The zero-order valence-electron chi connectivity index (χ0n) is 14.3. The van der Waals surface area contributed by atoms with E-state index in [1.807, 2.05) is 0 Å². The van der Waals surface area contributed by atoms with Crippen LogP contribution in [0.25, 0.3) is 0 Å². The van der Waals surface area contributed by atoms with Crippen LogP contribution in [0.5, 0.6) is 0 Å². The molecule has 0 saturated heterocycles. The van der Waals surface area contributed by atoms with E-state index in [9.17, 15) is 9.59 Å². The highest BCUT2D eigenvalue weighted by Crippen LogP contribution is 2.29. The Labute approximate surface area is 146 Å². The van der Waals surface area contributed by atoms with Gasteiger partial charge in [-0.25, -0.2) is 0 Å². The third-order valence-electron chi connectivity index (χ3n) is 4.75. The van der Waals surface area contributed by atoms with Gasteiger partial charge in [0.2, 0.25) is 11.8 Å². The lowest BCUT2D eigenvalue weighted by Crippen LogP contribution is -2.61. The van der Waals surface area contributed by atoms with Crippen molar-refractivity contribution in [3.8, 4) is 0 Å². The number of nitrogens with one attached hydrogen (secondary N) is 3. The first-order chi connectivity index (χ1) is 10.7. The third kappa shape index (κ3) is 6.68. The highest BCUT2D eigenvalue weighted by Gasteiger charge is 2.40. The Morgan fingerprint density at radius 2 is 1.83 bits per heavy atom. The normalized spacial score (nSPS) is 19.5. The smallest absolute Gasteiger partial charge is 0.245 e. The topological polar surface area (TPSA) is 70.2 Å². The van der Waals surface area contributed by atoms with Crippen LogP contribution in [0.15, 0.2) is 0 Å². The summed E-state index contributed by atoms with van der Waals surface area (Å²) in [5, 5.41) is 9.25. The maximum atomic E-state index is 12.6. The minimum atomic E-state index is -0.676. The van der Waals surface area contributed by atoms with Crippen LogP contribution in [0.2, 0.25) is 0 Å². The van der Waals surface area contributed by atoms with Crippen LogP contribution >= 0.6 is 12.4 Å². The van der Waals surface area contributed by atoms with E-state index in [1.165, 1.54) is 12.8 Å². The van der Waals surface area contributed by atoms with Crippen LogP contribution in [0.1, 0.15) is 64.7 Å². The molecule has 2 fully saturated rings. The van der Waals surface area contributed by atoms with Crippen LogP contribution < -0.4 is 16.0 Å². The van der Waals surface area contributed by atoms with E-state index in [2.05, 4.69) is 22.9 Å². The molecule has 0 aromatic heterocycles. The van der Waals surface area contributed by atoms with E-state index in [0.717, 1.165) is 57.4 Å². The minimum Gasteiger partial charge on any atom is -0.354 e. The quantitative estimate of drug-likeness (QED) is 0.561. The molecule has 0 atom stereocenters. The maximum absolute atomic E-state index is 12.6. The molecule has 2 saturated carbocycles. The van der Waals surface area contributed by atoms with Crippen molar-refractivity contribution < 1.29 is 9.59 Å². The Balaban J connectivity index is 0.00000264. The summed E-state index contributed by atoms with van der Waals surface area (Å²) in [7, 11) is 0. The number of carbonyl (C=O) groups is 2. The van der Waals surface area contributed by atoms with Crippen LogP contribution in [0.3, 0.4) is 0 Å². The van der Waals surface area contributed by atoms with E-state index >= 15 is 0 Å². The van der Waals surface area contributed by atoms with Gasteiger partial charge in [0.05, 0.1) is 6.54 Å². The van der Waals surface area contributed by atoms with E-state index in [1.54, 1.807) is 0 Å². The zero-order valence-corrected chi connectivity index (χ0v) is 15.1.